The molecule has 0 aliphatic rings. The van der Waals surface area contributed by atoms with Crippen molar-refractivity contribution in [3.05, 3.63) is 29.1 Å². The monoisotopic (exact) mass is 269 g/mol. The molecular formula is C9H12BrN5. The molecule has 2 rings (SSSR count). The number of aryl methyl sites for hydroxylation is 2. The zero-order chi connectivity index (χ0) is 10.7. The summed E-state index contributed by atoms with van der Waals surface area (Å²) >= 11 is 3.35. The number of rotatable bonds is 4. The van der Waals surface area contributed by atoms with E-state index in [1.54, 1.807) is 12.3 Å². The lowest BCUT2D eigenvalue weighted by atomic mass is 10.4. The summed E-state index contributed by atoms with van der Waals surface area (Å²) in [6.45, 7) is 1.74. The molecule has 15 heavy (non-hydrogen) atoms. The van der Waals surface area contributed by atoms with E-state index >= 15 is 0 Å². The molecule has 0 amide bonds. The molecule has 80 valence electrons. The van der Waals surface area contributed by atoms with Gasteiger partial charge in [-0.2, -0.15) is 10.2 Å². The third-order valence-electron chi connectivity index (χ3n) is 2.04. The highest BCUT2D eigenvalue weighted by Crippen LogP contribution is 2.06. The third-order valence-corrected chi connectivity index (χ3v) is 2.45. The van der Waals surface area contributed by atoms with Gasteiger partial charge in [-0.15, -0.1) is 0 Å². The second-order valence-corrected chi connectivity index (χ2v) is 4.19. The lowest BCUT2D eigenvalue weighted by Crippen LogP contribution is -2.05. The number of nitrogen functional groups attached to an aromatic ring is 1. The van der Waals surface area contributed by atoms with Gasteiger partial charge in [0.2, 0.25) is 0 Å². The Morgan fingerprint density at radius 1 is 1.33 bits per heavy atom. The molecule has 0 saturated heterocycles. The number of hydrogen-bond donors (Lipinski definition) is 1. The molecule has 0 bridgehead atoms. The molecule has 5 nitrogen and oxygen atoms in total. The molecule has 2 aromatic rings. The zero-order valence-corrected chi connectivity index (χ0v) is 9.76. The fourth-order valence-electron chi connectivity index (χ4n) is 1.36. The summed E-state index contributed by atoms with van der Waals surface area (Å²) in [6, 6.07) is 1.80. The van der Waals surface area contributed by atoms with E-state index in [0.717, 1.165) is 24.0 Å². The van der Waals surface area contributed by atoms with Crippen LogP contribution >= 0.6 is 15.9 Å². The van der Waals surface area contributed by atoms with Gasteiger partial charge in [0.15, 0.2) is 0 Å². The third kappa shape index (κ3) is 2.82. The Morgan fingerprint density at radius 3 is 2.73 bits per heavy atom. The van der Waals surface area contributed by atoms with Gasteiger partial charge in [0.25, 0.3) is 0 Å². The maximum absolute atomic E-state index is 5.51. The Balaban J connectivity index is 1.80. The van der Waals surface area contributed by atoms with Crippen LogP contribution in [0.3, 0.4) is 0 Å². The normalized spacial score (nSPS) is 10.7. The molecule has 2 N–H and O–H groups in total. The number of aromatic nitrogens is 4. The van der Waals surface area contributed by atoms with Crippen LogP contribution in [-0.4, -0.2) is 19.6 Å². The van der Waals surface area contributed by atoms with Gasteiger partial charge in [-0.1, -0.05) is 0 Å². The SMILES string of the molecule is Nc1ccn(CCCn2cc(Br)cn2)n1. The molecule has 0 saturated carbocycles. The van der Waals surface area contributed by atoms with E-state index in [2.05, 4.69) is 26.1 Å². The van der Waals surface area contributed by atoms with E-state index in [1.165, 1.54) is 0 Å². The minimum Gasteiger partial charge on any atom is -0.382 e. The molecule has 0 aliphatic heterocycles. The highest BCUT2D eigenvalue weighted by molar-refractivity contribution is 9.10. The van der Waals surface area contributed by atoms with Gasteiger partial charge in [-0.05, 0) is 28.4 Å². The van der Waals surface area contributed by atoms with Crippen molar-refractivity contribution in [1.29, 1.82) is 0 Å². The molecule has 0 atom stereocenters. The minimum atomic E-state index is 0.567. The van der Waals surface area contributed by atoms with E-state index in [0.29, 0.717) is 5.82 Å². The van der Waals surface area contributed by atoms with Crippen LogP contribution in [0.25, 0.3) is 0 Å². The van der Waals surface area contributed by atoms with E-state index < -0.39 is 0 Å². The van der Waals surface area contributed by atoms with Gasteiger partial charge in [-0.3, -0.25) is 9.36 Å². The van der Waals surface area contributed by atoms with Crippen LogP contribution in [0.2, 0.25) is 0 Å². The van der Waals surface area contributed by atoms with E-state index in [1.807, 2.05) is 21.8 Å². The van der Waals surface area contributed by atoms with E-state index in [4.69, 9.17) is 5.73 Å². The Morgan fingerprint density at radius 2 is 2.13 bits per heavy atom. The quantitative estimate of drug-likeness (QED) is 0.916. The minimum absolute atomic E-state index is 0.567. The molecule has 0 fully saturated rings. The Bertz CT molecular complexity index is 393. The maximum Gasteiger partial charge on any atom is 0.145 e. The molecule has 0 aromatic carbocycles. The topological polar surface area (TPSA) is 61.7 Å². The molecule has 0 unspecified atom stereocenters. The van der Waals surface area contributed by atoms with Crippen molar-refractivity contribution in [2.45, 2.75) is 19.5 Å². The van der Waals surface area contributed by atoms with Gasteiger partial charge in [0.1, 0.15) is 5.82 Å². The van der Waals surface area contributed by atoms with Crippen molar-refractivity contribution in [2.75, 3.05) is 5.73 Å². The van der Waals surface area contributed by atoms with Crippen LogP contribution in [-0.2, 0) is 13.1 Å². The van der Waals surface area contributed by atoms with Crippen molar-refractivity contribution in [3.8, 4) is 0 Å². The van der Waals surface area contributed by atoms with Gasteiger partial charge >= 0.3 is 0 Å². The second-order valence-electron chi connectivity index (χ2n) is 3.28. The van der Waals surface area contributed by atoms with Crippen LogP contribution in [0.4, 0.5) is 5.82 Å². The Kier molecular flexibility index (Phi) is 3.05. The van der Waals surface area contributed by atoms with E-state index in [-0.39, 0.29) is 0 Å². The smallest absolute Gasteiger partial charge is 0.145 e. The lowest BCUT2D eigenvalue weighted by Gasteiger charge is -2.01. The van der Waals surface area contributed by atoms with Gasteiger partial charge in [-0.25, -0.2) is 0 Å². The van der Waals surface area contributed by atoms with Crippen molar-refractivity contribution in [1.82, 2.24) is 19.6 Å². The van der Waals surface area contributed by atoms with E-state index in [9.17, 15) is 0 Å². The molecule has 2 heterocycles. The Labute approximate surface area is 96.0 Å². The Hall–Kier alpha value is -1.30. The summed E-state index contributed by atoms with van der Waals surface area (Å²) in [5.41, 5.74) is 5.51. The van der Waals surface area contributed by atoms with Crippen molar-refractivity contribution in [2.24, 2.45) is 0 Å². The number of halogens is 1. The van der Waals surface area contributed by atoms with Gasteiger partial charge in [0.05, 0.1) is 10.7 Å². The molecule has 0 aliphatic carbocycles. The van der Waals surface area contributed by atoms with Crippen LogP contribution in [0, 0.1) is 0 Å². The van der Waals surface area contributed by atoms with Crippen LogP contribution in [0.5, 0.6) is 0 Å². The first-order chi connectivity index (χ1) is 7.24. The maximum atomic E-state index is 5.51. The molecule has 6 heteroatoms. The van der Waals surface area contributed by atoms with Crippen molar-refractivity contribution >= 4 is 21.7 Å². The van der Waals surface area contributed by atoms with Crippen molar-refractivity contribution < 1.29 is 0 Å². The zero-order valence-electron chi connectivity index (χ0n) is 8.17. The molecule has 2 aromatic heterocycles. The molecule has 0 spiro atoms. The first kappa shape index (κ1) is 10.2. The molecule has 0 radical (unpaired) electrons. The first-order valence-electron chi connectivity index (χ1n) is 4.71. The first-order valence-corrected chi connectivity index (χ1v) is 5.50. The second kappa shape index (κ2) is 4.48. The average Bonchev–Trinajstić information content (AvgIpc) is 2.76. The average molecular weight is 270 g/mol. The summed E-state index contributed by atoms with van der Waals surface area (Å²) in [4.78, 5) is 0. The fraction of sp³-hybridized carbons (Fsp3) is 0.333. The van der Waals surface area contributed by atoms with Gasteiger partial charge in [0, 0.05) is 25.5 Å². The highest BCUT2D eigenvalue weighted by Gasteiger charge is 1.97. The lowest BCUT2D eigenvalue weighted by molar-refractivity contribution is 0.501. The summed E-state index contributed by atoms with van der Waals surface area (Å²) in [6.07, 6.45) is 6.60. The number of nitrogens with two attached hydrogens (primary N) is 1. The van der Waals surface area contributed by atoms with Crippen molar-refractivity contribution in [3.63, 3.8) is 0 Å². The largest absolute Gasteiger partial charge is 0.382 e. The fourth-order valence-corrected chi connectivity index (χ4v) is 1.69. The van der Waals surface area contributed by atoms with Crippen LogP contribution in [0.15, 0.2) is 29.1 Å². The summed E-state index contributed by atoms with van der Waals surface area (Å²) < 4.78 is 4.75. The number of hydrogen-bond acceptors (Lipinski definition) is 3. The number of nitrogens with zero attached hydrogens (tertiary/aromatic N) is 4. The standard InChI is InChI=1S/C9H12BrN5/c10-8-6-12-15(7-8)4-1-3-14-5-2-9(11)13-14/h2,5-7H,1,3-4H2,(H2,11,13). The highest BCUT2D eigenvalue weighted by atomic mass is 79.9. The summed E-state index contributed by atoms with van der Waals surface area (Å²) in [7, 11) is 0. The molecular weight excluding hydrogens is 258 g/mol. The number of anilines is 1. The predicted molar refractivity (Wildman–Crippen MR) is 61.2 cm³/mol. The summed E-state index contributed by atoms with van der Waals surface area (Å²) in [5.74, 6) is 0.567. The predicted octanol–water partition coefficient (Wildman–Crippen LogP) is 1.51. The van der Waals surface area contributed by atoms with Crippen LogP contribution < -0.4 is 5.73 Å². The van der Waals surface area contributed by atoms with Crippen LogP contribution in [0.1, 0.15) is 6.42 Å². The van der Waals surface area contributed by atoms with Gasteiger partial charge < -0.3 is 5.73 Å². The summed E-state index contributed by atoms with van der Waals surface area (Å²) in [5, 5.41) is 8.27.